The molecule has 28 heavy (non-hydrogen) atoms. The fourth-order valence-corrected chi connectivity index (χ4v) is 5.17. The van der Waals surface area contributed by atoms with Crippen molar-refractivity contribution in [2.24, 2.45) is 0 Å². The Morgan fingerprint density at radius 3 is 2.54 bits per heavy atom. The van der Waals surface area contributed by atoms with Crippen molar-refractivity contribution in [3.8, 4) is 11.4 Å². The van der Waals surface area contributed by atoms with Crippen LogP contribution in [0, 0.1) is 0 Å². The van der Waals surface area contributed by atoms with E-state index in [-0.39, 0.29) is 31.0 Å². The number of carbonyl (C=O) groups excluding carboxylic acids is 1. The summed E-state index contributed by atoms with van der Waals surface area (Å²) < 4.78 is 35.0. The largest absolute Gasteiger partial charge is 0.381 e. The van der Waals surface area contributed by atoms with E-state index in [9.17, 15) is 13.2 Å². The number of nitrogens with one attached hydrogen (secondary N) is 1. The monoisotopic (exact) mass is 409 g/mol. The molecule has 0 radical (unpaired) electrons. The van der Waals surface area contributed by atoms with Crippen LogP contribution >= 0.6 is 0 Å². The van der Waals surface area contributed by atoms with E-state index in [1.165, 1.54) is 17.6 Å². The molecule has 1 aromatic carbocycles. The Bertz CT molecular complexity index is 917. The number of aromatic nitrogens is 2. The smallest absolute Gasteiger partial charge is 0.265 e. The molecule has 1 aliphatic heterocycles. The van der Waals surface area contributed by atoms with Crippen LogP contribution in [0.4, 0.5) is 0 Å². The molecule has 1 saturated heterocycles. The number of hydrogen-bond donors (Lipinski definition) is 2. The van der Waals surface area contributed by atoms with Crippen LogP contribution in [0.1, 0.15) is 38.5 Å². The number of ether oxygens (including phenoxy) is 1. The number of hydrogen-bond acceptors (Lipinski definition) is 8. The van der Waals surface area contributed by atoms with Gasteiger partial charge in [0, 0.05) is 25.2 Å². The van der Waals surface area contributed by atoms with E-state index in [1.54, 1.807) is 12.1 Å². The number of nitrogens with zero attached hydrogens (tertiary/aromatic N) is 2. The van der Waals surface area contributed by atoms with Gasteiger partial charge in [0.2, 0.25) is 11.7 Å². The lowest BCUT2D eigenvalue weighted by molar-refractivity contribution is -0.134. The molecule has 0 unspecified atom stereocenters. The maximum atomic E-state index is 13.2. The molecule has 1 amide bonds. The number of rotatable bonds is 7. The number of aryl methyl sites for hydroxylation is 1. The lowest BCUT2D eigenvalue weighted by Gasteiger charge is -2.34. The molecule has 2 N–H and O–H groups in total. The minimum absolute atomic E-state index is 0.0172. The Hall–Kier alpha value is -2.30. The van der Waals surface area contributed by atoms with Gasteiger partial charge in [0.1, 0.15) is 0 Å². The standard InChI is InChI=1S/C18H23N3O6S/c1-2-3-4-15-19-16(21-27-15)13-5-7-14(8-6-13)28(24,25)18(17(22)20-23)9-11-26-12-10-18/h5-8,23H,2-4,9-12H2,1H3,(H,20,22). The van der Waals surface area contributed by atoms with Crippen molar-refractivity contribution in [1.82, 2.24) is 15.6 Å². The summed E-state index contributed by atoms with van der Waals surface area (Å²) in [7, 11) is -4.06. The van der Waals surface area contributed by atoms with Gasteiger partial charge in [-0.25, -0.2) is 13.9 Å². The summed E-state index contributed by atoms with van der Waals surface area (Å²) in [5.74, 6) is -0.0307. The van der Waals surface area contributed by atoms with E-state index in [0.717, 1.165) is 12.8 Å². The highest BCUT2D eigenvalue weighted by Crippen LogP contribution is 2.35. The topological polar surface area (TPSA) is 132 Å². The molecule has 1 aliphatic rings. The molecule has 0 aliphatic carbocycles. The van der Waals surface area contributed by atoms with Gasteiger partial charge in [0.15, 0.2) is 14.6 Å². The minimum atomic E-state index is -4.06. The molecule has 2 heterocycles. The van der Waals surface area contributed by atoms with Crippen LogP contribution in [0.5, 0.6) is 0 Å². The molecule has 1 aromatic heterocycles. The lowest BCUT2D eigenvalue weighted by atomic mass is 9.98. The Balaban J connectivity index is 1.89. The van der Waals surface area contributed by atoms with Crippen LogP contribution in [0.15, 0.2) is 33.7 Å². The first-order valence-electron chi connectivity index (χ1n) is 9.14. The van der Waals surface area contributed by atoms with Crippen molar-refractivity contribution in [2.45, 2.75) is 48.7 Å². The van der Waals surface area contributed by atoms with E-state index in [2.05, 4.69) is 17.1 Å². The molecule has 152 valence electrons. The van der Waals surface area contributed by atoms with Crippen molar-refractivity contribution in [3.63, 3.8) is 0 Å². The molecule has 10 heteroatoms. The minimum Gasteiger partial charge on any atom is -0.381 e. The SMILES string of the molecule is CCCCc1nc(-c2ccc(S(=O)(=O)C3(C(=O)NO)CCOCC3)cc2)no1. The second-order valence-corrected chi connectivity index (χ2v) is 8.95. The average Bonchev–Trinajstić information content (AvgIpc) is 3.21. The first-order valence-corrected chi connectivity index (χ1v) is 10.6. The highest BCUT2D eigenvalue weighted by Gasteiger charge is 2.52. The van der Waals surface area contributed by atoms with Gasteiger partial charge in [-0.2, -0.15) is 4.98 Å². The normalized spacial score (nSPS) is 16.6. The van der Waals surface area contributed by atoms with E-state index < -0.39 is 20.5 Å². The Morgan fingerprint density at radius 1 is 1.25 bits per heavy atom. The first kappa shape index (κ1) is 20.4. The molecular formula is C18H23N3O6S. The summed E-state index contributed by atoms with van der Waals surface area (Å²) in [6, 6.07) is 5.97. The van der Waals surface area contributed by atoms with Crippen molar-refractivity contribution in [3.05, 3.63) is 30.2 Å². The molecule has 0 spiro atoms. The summed E-state index contributed by atoms with van der Waals surface area (Å²) in [6.07, 6.45) is 2.58. The van der Waals surface area contributed by atoms with Crippen LogP contribution < -0.4 is 5.48 Å². The third-order valence-corrected chi connectivity index (χ3v) is 7.48. The van der Waals surface area contributed by atoms with Crippen LogP contribution in [0.25, 0.3) is 11.4 Å². The number of carbonyl (C=O) groups is 1. The Morgan fingerprint density at radius 2 is 1.93 bits per heavy atom. The van der Waals surface area contributed by atoms with Crippen LogP contribution in [-0.2, 0) is 25.8 Å². The maximum Gasteiger partial charge on any atom is 0.265 e. The third kappa shape index (κ3) is 3.67. The second kappa shape index (κ2) is 8.38. The van der Waals surface area contributed by atoms with Gasteiger partial charge >= 0.3 is 0 Å². The molecule has 9 nitrogen and oxygen atoms in total. The zero-order chi connectivity index (χ0) is 20.2. The van der Waals surface area contributed by atoms with Crippen LogP contribution in [0.2, 0.25) is 0 Å². The second-order valence-electron chi connectivity index (χ2n) is 6.69. The van der Waals surface area contributed by atoms with E-state index in [0.29, 0.717) is 23.7 Å². The highest BCUT2D eigenvalue weighted by molar-refractivity contribution is 7.93. The fraction of sp³-hybridized carbons (Fsp3) is 0.500. The molecule has 0 saturated carbocycles. The maximum absolute atomic E-state index is 13.2. The zero-order valence-electron chi connectivity index (χ0n) is 15.6. The van der Waals surface area contributed by atoms with Crippen LogP contribution in [-0.4, -0.2) is 47.6 Å². The predicted octanol–water partition coefficient (Wildman–Crippen LogP) is 1.91. The van der Waals surface area contributed by atoms with E-state index >= 15 is 0 Å². The van der Waals surface area contributed by atoms with Crippen molar-refractivity contribution < 1.29 is 27.7 Å². The van der Waals surface area contributed by atoms with Gasteiger partial charge in [0.05, 0.1) is 4.90 Å². The Labute approximate surface area is 163 Å². The highest BCUT2D eigenvalue weighted by atomic mass is 32.2. The lowest BCUT2D eigenvalue weighted by Crippen LogP contribution is -2.54. The molecule has 2 aromatic rings. The summed E-state index contributed by atoms with van der Waals surface area (Å²) in [5, 5.41) is 13.0. The van der Waals surface area contributed by atoms with E-state index in [1.807, 2.05) is 0 Å². The number of hydroxylamine groups is 1. The first-order chi connectivity index (χ1) is 13.4. The number of sulfone groups is 1. The molecular weight excluding hydrogens is 386 g/mol. The van der Waals surface area contributed by atoms with Gasteiger partial charge in [-0.3, -0.25) is 10.0 Å². The molecule has 3 rings (SSSR count). The van der Waals surface area contributed by atoms with Crippen molar-refractivity contribution in [1.29, 1.82) is 0 Å². The van der Waals surface area contributed by atoms with Gasteiger partial charge in [-0.1, -0.05) is 18.5 Å². The van der Waals surface area contributed by atoms with Crippen molar-refractivity contribution >= 4 is 15.7 Å². The summed E-state index contributed by atoms with van der Waals surface area (Å²) in [4.78, 5) is 16.6. The summed E-state index contributed by atoms with van der Waals surface area (Å²) in [5.41, 5.74) is 2.11. The predicted molar refractivity (Wildman–Crippen MR) is 98.2 cm³/mol. The Kier molecular flexibility index (Phi) is 6.11. The van der Waals surface area contributed by atoms with Gasteiger partial charge in [-0.05, 0) is 43.5 Å². The van der Waals surface area contributed by atoms with E-state index in [4.69, 9.17) is 14.5 Å². The fourth-order valence-electron chi connectivity index (χ4n) is 3.23. The zero-order valence-corrected chi connectivity index (χ0v) is 16.4. The molecule has 0 bridgehead atoms. The van der Waals surface area contributed by atoms with Crippen molar-refractivity contribution in [2.75, 3.05) is 13.2 Å². The quantitative estimate of drug-likeness (QED) is 0.524. The van der Waals surface area contributed by atoms with Gasteiger partial charge in [0.25, 0.3) is 5.91 Å². The summed E-state index contributed by atoms with van der Waals surface area (Å²) in [6.45, 7) is 2.31. The molecule has 1 fully saturated rings. The number of amides is 1. The average molecular weight is 409 g/mol. The summed E-state index contributed by atoms with van der Waals surface area (Å²) >= 11 is 0. The number of benzene rings is 1. The van der Waals surface area contributed by atoms with Gasteiger partial charge in [-0.15, -0.1) is 0 Å². The van der Waals surface area contributed by atoms with Gasteiger partial charge < -0.3 is 9.26 Å². The third-order valence-electron chi connectivity index (χ3n) is 4.97. The van der Waals surface area contributed by atoms with Crippen LogP contribution in [0.3, 0.4) is 0 Å². The number of unbranched alkanes of at least 4 members (excludes halogenated alkanes) is 1. The molecule has 0 atom stereocenters.